The molecule has 0 radical (unpaired) electrons. The van der Waals surface area contributed by atoms with Crippen molar-refractivity contribution in [2.45, 2.75) is 43.4 Å². The summed E-state index contributed by atoms with van der Waals surface area (Å²) in [6.07, 6.45) is 3.07. The van der Waals surface area contributed by atoms with Gasteiger partial charge < -0.3 is 0 Å². The first-order valence-corrected chi connectivity index (χ1v) is 8.80. The molecule has 6 heteroatoms. The largest absolute Gasteiger partial charge is 0.250 e. The third kappa shape index (κ3) is 2.99. The predicted molar refractivity (Wildman–Crippen MR) is 75.3 cm³/mol. The summed E-state index contributed by atoms with van der Waals surface area (Å²) >= 11 is 1.02. The molecular weight excluding hydrogens is 280 g/mol. The highest BCUT2D eigenvalue weighted by molar-refractivity contribution is 7.91. The van der Waals surface area contributed by atoms with Gasteiger partial charge in [-0.25, -0.2) is 13.1 Å². The van der Waals surface area contributed by atoms with Gasteiger partial charge >= 0.3 is 0 Å². The van der Waals surface area contributed by atoms with Gasteiger partial charge in [0.2, 0.25) is 10.0 Å². The summed E-state index contributed by atoms with van der Waals surface area (Å²) in [5.74, 6) is 0.973. The number of hydrogen-bond acceptors (Lipinski definition) is 4. The lowest BCUT2D eigenvalue weighted by Gasteiger charge is -2.20. The van der Waals surface area contributed by atoms with Gasteiger partial charge in [-0.2, -0.15) is 5.26 Å². The Kier molecular flexibility index (Phi) is 4.29. The van der Waals surface area contributed by atoms with Crippen molar-refractivity contribution >= 4 is 21.4 Å². The van der Waals surface area contributed by atoms with Crippen LogP contribution in [0.4, 0.5) is 0 Å². The third-order valence-corrected chi connectivity index (χ3v) is 6.99. The summed E-state index contributed by atoms with van der Waals surface area (Å²) in [6.45, 7) is 4.26. The molecule has 19 heavy (non-hydrogen) atoms. The molecule has 0 amide bonds. The molecule has 0 spiro atoms. The second-order valence-electron chi connectivity index (χ2n) is 5.06. The maximum Gasteiger partial charge on any atom is 0.250 e. The quantitative estimate of drug-likeness (QED) is 0.929. The minimum Gasteiger partial charge on any atom is -0.207 e. The van der Waals surface area contributed by atoms with Crippen LogP contribution in [0.3, 0.4) is 0 Å². The van der Waals surface area contributed by atoms with Crippen LogP contribution < -0.4 is 4.72 Å². The number of rotatable bonds is 4. The summed E-state index contributed by atoms with van der Waals surface area (Å²) in [5.41, 5.74) is 0. The molecule has 104 valence electrons. The summed E-state index contributed by atoms with van der Waals surface area (Å²) in [4.78, 5) is 0.422. The maximum absolute atomic E-state index is 12.2. The molecule has 0 bridgehead atoms. The molecule has 1 aliphatic rings. The van der Waals surface area contributed by atoms with Crippen molar-refractivity contribution in [2.24, 2.45) is 11.8 Å². The third-order valence-electron chi connectivity index (χ3n) is 4.01. The standard InChI is InChI=1S/C13H18N2O2S2/c1-3-10-4-6-12(9(10)2)15-19(16,17)13-7-5-11(8-14)18-13/h5,7,9-10,12,15H,3-4,6H2,1-2H3. The number of thiophene rings is 1. The SMILES string of the molecule is CCC1CCC(NS(=O)(=O)c2ccc(C#N)s2)C1C. The first kappa shape index (κ1) is 14.5. The minimum absolute atomic E-state index is 0.0163. The number of nitriles is 1. The van der Waals surface area contributed by atoms with Gasteiger partial charge in [0.25, 0.3) is 0 Å². The summed E-state index contributed by atoms with van der Waals surface area (Å²) in [5, 5.41) is 8.75. The van der Waals surface area contributed by atoms with Crippen molar-refractivity contribution in [3.05, 3.63) is 17.0 Å². The summed E-state index contributed by atoms with van der Waals surface area (Å²) in [6, 6.07) is 5.03. The Hall–Kier alpha value is -0.900. The highest BCUT2D eigenvalue weighted by Crippen LogP contribution is 2.35. The molecule has 1 aliphatic carbocycles. The van der Waals surface area contributed by atoms with E-state index in [-0.39, 0.29) is 10.3 Å². The molecule has 1 fully saturated rings. The average molecular weight is 298 g/mol. The monoisotopic (exact) mass is 298 g/mol. The number of nitrogens with zero attached hydrogens (tertiary/aromatic N) is 1. The lowest BCUT2D eigenvalue weighted by Crippen LogP contribution is -2.37. The molecule has 1 saturated carbocycles. The highest BCUT2D eigenvalue weighted by Gasteiger charge is 2.34. The first-order valence-electron chi connectivity index (χ1n) is 6.50. The molecule has 1 aromatic rings. The van der Waals surface area contributed by atoms with Crippen LogP contribution in [0.1, 0.15) is 38.0 Å². The van der Waals surface area contributed by atoms with E-state index in [1.807, 2.05) is 6.07 Å². The second-order valence-corrected chi connectivity index (χ2v) is 8.09. The van der Waals surface area contributed by atoms with E-state index in [0.29, 0.717) is 16.7 Å². The van der Waals surface area contributed by atoms with E-state index in [4.69, 9.17) is 5.26 Å². The van der Waals surface area contributed by atoms with E-state index >= 15 is 0 Å². The van der Waals surface area contributed by atoms with Crippen LogP contribution in [0, 0.1) is 23.2 Å². The fourth-order valence-corrected chi connectivity index (χ4v) is 5.25. The predicted octanol–water partition coefficient (Wildman–Crippen LogP) is 2.72. The molecule has 1 heterocycles. The van der Waals surface area contributed by atoms with Gasteiger partial charge in [0.1, 0.15) is 15.2 Å². The van der Waals surface area contributed by atoms with Crippen molar-refractivity contribution in [1.82, 2.24) is 4.72 Å². The Morgan fingerprint density at radius 2 is 2.21 bits per heavy atom. The molecule has 0 saturated heterocycles. The molecule has 0 aromatic carbocycles. The summed E-state index contributed by atoms with van der Waals surface area (Å²) < 4.78 is 27.5. The average Bonchev–Trinajstić information content (AvgIpc) is 2.98. The number of hydrogen-bond donors (Lipinski definition) is 1. The van der Waals surface area contributed by atoms with Gasteiger partial charge in [-0.05, 0) is 36.8 Å². The highest BCUT2D eigenvalue weighted by atomic mass is 32.2. The lowest BCUT2D eigenvalue weighted by atomic mass is 9.94. The van der Waals surface area contributed by atoms with E-state index in [9.17, 15) is 8.42 Å². The van der Waals surface area contributed by atoms with Gasteiger partial charge in [-0.3, -0.25) is 0 Å². The van der Waals surface area contributed by atoms with Gasteiger partial charge in [0, 0.05) is 6.04 Å². The minimum atomic E-state index is -3.48. The van der Waals surface area contributed by atoms with Gasteiger partial charge in [-0.15, -0.1) is 11.3 Å². The molecule has 3 atom stereocenters. The van der Waals surface area contributed by atoms with Crippen molar-refractivity contribution in [1.29, 1.82) is 5.26 Å². The number of nitrogens with one attached hydrogen (secondary N) is 1. The van der Waals surface area contributed by atoms with E-state index in [2.05, 4.69) is 18.6 Å². The Morgan fingerprint density at radius 1 is 1.47 bits per heavy atom. The van der Waals surface area contributed by atoms with E-state index in [1.54, 1.807) is 6.07 Å². The molecule has 2 rings (SSSR count). The van der Waals surface area contributed by atoms with Crippen molar-refractivity contribution in [2.75, 3.05) is 0 Å². The van der Waals surface area contributed by atoms with Crippen LogP contribution in [0.25, 0.3) is 0 Å². The van der Waals surface area contributed by atoms with Crippen molar-refractivity contribution in [3.8, 4) is 6.07 Å². The fraction of sp³-hybridized carbons (Fsp3) is 0.615. The molecule has 0 aliphatic heterocycles. The smallest absolute Gasteiger partial charge is 0.207 e. The Labute approximate surface area is 118 Å². The lowest BCUT2D eigenvalue weighted by molar-refractivity contribution is 0.369. The summed E-state index contributed by atoms with van der Waals surface area (Å²) in [7, 11) is -3.48. The van der Waals surface area contributed by atoms with Crippen LogP contribution in [-0.2, 0) is 10.0 Å². The zero-order chi connectivity index (χ0) is 14.0. The molecule has 1 N–H and O–H groups in total. The topological polar surface area (TPSA) is 70.0 Å². The zero-order valence-corrected chi connectivity index (χ0v) is 12.7. The van der Waals surface area contributed by atoms with Crippen LogP contribution in [0.5, 0.6) is 0 Å². The number of sulfonamides is 1. The Morgan fingerprint density at radius 3 is 2.74 bits per heavy atom. The molecule has 3 unspecified atom stereocenters. The normalized spacial score (nSPS) is 27.3. The van der Waals surface area contributed by atoms with Crippen LogP contribution in [-0.4, -0.2) is 14.5 Å². The van der Waals surface area contributed by atoms with Crippen LogP contribution >= 0.6 is 11.3 Å². The van der Waals surface area contributed by atoms with Crippen LogP contribution in [0.15, 0.2) is 16.3 Å². The molecule has 4 nitrogen and oxygen atoms in total. The molecule has 1 aromatic heterocycles. The van der Waals surface area contributed by atoms with Crippen molar-refractivity contribution in [3.63, 3.8) is 0 Å². The Bertz CT molecular complexity index is 586. The van der Waals surface area contributed by atoms with Gasteiger partial charge in [0.05, 0.1) is 0 Å². The van der Waals surface area contributed by atoms with E-state index < -0.39 is 10.0 Å². The van der Waals surface area contributed by atoms with Crippen molar-refractivity contribution < 1.29 is 8.42 Å². The van der Waals surface area contributed by atoms with Gasteiger partial charge in [0.15, 0.2) is 0 Å². The Balaban J connectivity index is 2.12. The molecular formula is C13H18N2O2S2. The maximum atomic E-state index is 12.2. The second kappa shape index (κ2) is 5.61. The first-order chi connectivity index (χ1) is 8.97. The zero-order valence-electron chi connectivity index (χ0n) is 11.1. The van der Waals surface area contributed by atoms with E-state index in [1.165, 1.54) is 6.07 Å². The fourth-order valence-electron chi connectivity index (χ4n) is 2.77. The van der Waals surface area contributed by atoms with Gasteiger partial charge in [-0.1, -0.05) is 20.3 Å². The van der Waals surface area contributed by atoms with Crippen LogP contribution in [0.2, 0.25) is 0 Å². The van der Waals surface area contributed by atoms with E-state index in [0.717, 1.165) is 30.6 Å².